The zero-order chi connectivity index (χ0) is 26.0. The number of carbonyl (C=O) groups is 2. The van der Waals surface area contributed by atoms with Gasteiger partial charge in [0.1, 0.15) is 11.2 Å². The first-order chi connectivity index (χ1) is 17.9. The molecule has 4 aromatic rings. The molecule has 37 heavy (non-hydrogen) atoms. The monoisotopic (exact) mass is 497 g/mol. The van der Waals surface area contributed by atoms with E-state index in [1.165, 1.54) is 0 Å². The molecule has 0 aliphatic carbocycles. The van der Waals surface area contributed by atoms with Crippen LogP contribution < -0.4 is 14.8 Å². The summed E-state index contributed by atoms with van der Waals surface area (Å²) in [6.07, 6.45) is 0.563. The first kappa shape index (κ1) is 24.4. The number of ether oxygens (including phenoxy) is 2. The van der Waals surface area contributed by atoms with Crippen molar-refractivity contribution in [2.45, 2.75) is 32.0 Å². The quantitative estimate of drug-likeness (QED) is 0.391. The number of fused-ring (bicyclic) bond motifs is 3. The van der Waals surface area contributed by atoms with Gasteiger partial charge in [-0.05, 0) is 48.7 Å². The molecule has 0 fully saturated rings. The van der Waals surface area contributed by atoms with Crippen LogP contribution in [0.1, 0.15) is 28.5 Å². The molecule has 1 unspecified atom stereocenters. The van der Waals surface area contributed by atoms with Crippen molar-refractivity contribution in [1.29, 1.82) is 0 Å². The summed E-state index contributed by atoms with van der Waals surface area (Å²) in [5.41, 5.74) is 2.47. The third-order valence-electron chi connectivity index (χ3n) is 7.19. The Bertz CT molecular complexity index is 1450. The highest BCUT2D eigenvalue weighted by Crippen LogP contribution is 2.33. The molecule has 1 aromatic heterocycles. The van der Waals surface area contributed by atoms with Crippen molar-refractivity contribution in [2.24, 2.45) is 0 Å². The van der Waals surface area contributed by atoms with E-state index >= 15 is 0 Å². The molecule has 190 valence electrons. The van der Waals surface area contributed by atoms with Gasteiger partial charge in [0.05, 0.1) is 20.8 Å². The van der Waals surface area contributed by atoms with E-state index in [-0.39, 0.29) is 11.8 Å². The van der Waals surface area contributed by atoms with Crippen LogP contribution in [0, 0.1) is 0 Å². The average Bonchev–Trinajstić information content (AvgIpc) is 3.30. The number of hydrogen-bond donors (Lipinski definition) is 1. The Balaban J connectivity index is 1.47. The highest BCUT2D eigenvalue weighted by atomic mass is 16.5. The molecular formula is C30H31N3O4. The maximum atomic E-state index is 13.9. The van der Waals surface area contributed by atoms with Gasteiger partial charge in [0.2, 0.25) is 5.91 Å². The minimum atomic E-state index is -1.07. The number of nitrogens with one attached hydrogen (secondary N) is 1. The predicted molar refractivity (Wildman–Crippen MR) is 143 cm³/mol. The minimum Gasteiger partial charge on any atom is -0.493 e. The standard InChI is InChI=1S/C30H31N3O4/c1-30(29(35)31-19-22-9-5-4-6-10-22)20-32-24-12-8-7-11-23(24)18-25(32)28(34)33(30)16-15-21-13-14-26(36-2)27(17-21)37-3/h4-14,17-18H,15-16,19-20H2,1-3H3,(H,31,35). The molecule has 0 bridgehead atoms. The third-order valence-corrected chi connectivity index (χ3v) is 7.19. The summed E-state index contributed by atoms with van der Waals surface area (Å²) in [5.74, 6) is 0.948. The van der Waals surface area contributed by atoms with Crippen molar-refractivity contribution in [3.05, 3.63) is 95.7 Å². The van der Waals surface area contributed by atoms with Crippen molar-refractivity contribution >= 4 is 22.7 Å². The van der Waals surface area contributed by atoms with Crippen LogP contribution in [0.5, 0.6) is 11.5 Å². The number of aromatic nitrogens is 1. The van der Waals surface area contributed by atoms with E-state index in [2.05, 4.69) is 5.32 Å². The molecule has 3 aromatic carbocycles. The molecule has 1 aliphatic heterocycles. The molecule has 2 amide bonds. The molecular weight excluding hydrogens is 466 g/mol. The van der Waals surface area contributed by atoms with Gasteiger partial charge in [-0.25, -0.2) is 0 Å². The van der Waals surface area contributed by atoms with E-state index in [1.54, 1.807) is 19.1 Å². The number of nitrogens with zero attached hydrogens (tertiary/aromatic N) is 2. The Kier molecular flexibility index (Phi) is 6.61. The van der Waals surface area contributed by atoms with Crippen molar-refractivity contribution < 1.29 is 19.1 Å². The number of rotatable bonds is 8. The first-order valence-corrected chi connectivity index (χ1v) is 12.4. The summed E-state index contributed by atoms with van der Waals surface area (Å²) < 4.78 is 12.8. The summed E-state index contributed by atoms with van der Waals surface area (Å²) in [5, 5.41) is 4.07. The Morgan fingerprint density at radius 2 is 1.65 bits per heavy atom. The Hall–Kier alpha value is -4.26. The number of amides is 2. The SMILES string of the molecule is COc1ccc(CCN2C(=O)c3cc4ccccc4n3CC2(C)C(=O)NCc2ccccc2)cc1OC. The van der Waals surface area contributed by atoms with Crippen LogP contribution in [-0.2, 0) is 24.3 Å². The fourth-order valence-electron chi connectivity index (χ4n) is 5.10. The second-order valence-corrected chi connectivity index (χ2v) is 9.51. The van der Waals surface area contributed by atoms with E-state index in [9.17, 15) is 9.59 Å². The van der Waals surface area contributed by atoms with E-state index in [0.717, 1.165) is 22.0 Å². The van der Waals surface area contributed by atoms with Crippen LogP contribution in [-0.4, -0.2) is 47.6 Å². The normalized spacial score (nSPS) is 16.9. The lowest BCUT2D eigenvalue weighted by Crippen LogP contribution is -2.64. The number of para-hydroxylation sites is 1. The zero-order valence-electron chi connectivity index (χ0n) is 21.4. The Morgan fingerprint density at radius 3 is 2.41 bits per heavy atom. The predicted octanol–water partition coefficient (Wildman–Crippen LogP) is 4.43. The van der Waals surface area contributed by atoms with Crippen LogP contribution in [0.4, 0.5) is 0 Å². The van der Waals surface area contributed by atoms with Crippen LogP contribution >= 0.6 is 0 Å². The van der Waals surface area contributed by atoms with Gasteiger partial charge in [0, 0.05) is 24.0 Å². The highest BCUT2D eigenvalue weighted by Gasteiger charge is 2.47. The summed E-state index contributed by atoms with van der Waals surface area (Å²) >= 11 is 0. The summed E-state index contributed by atoms with van der Waals surface area (Å²) in [6, 6.07) is 25.3. The maximum absolute atomic E-state index is 13.9. The van der Waals surface area contributed by atoms with Gasteiger partial charge in [-0.2, -0.15) is 0 Å². The second kappa shape index (κ2) is 10.0. The van der Waals surface area contributed by atoms with Crippen molar-refractivity contribution in [2.75, 3.05) is 20.8 Å². The van der Waals surface area contributed by atoms with E-state index in [0.29, 0.717) is 43.2 Å². The van der Waals surface area contributed by atoms with Gasteiger partial charge in [0.25, 0.3) is 5.91 Å². The molecule has 7 nitrogen and oxygen atoms in total. The molecule has 5 rings (SSSR count). The first-order valence-electron chi connectivity index (χ1n) is 12.4. The lowest BCUT2D eigenvalue weighted by Gasteiger charge is -2.44. The van der Waals surface area contributed by atoms with Gasteiger partial charge in [-0.1, -0.05) is 54.6 Å². The van der Waals surface area contributed by atoms with Gasteiger partial charge in [-0.3, -0.25) is 9.59 Å². The summed E-state index contributed by atoms with van der Waals surface area (Å²) in [6.45, 7) is 3.00. The van der Waals surface area contributed by atoms with Gasteiger partial charge < -0.3 is 24.3 Å². The number of benzene rings is 3. The summed E-state index contributed by atoms with van der Waals surface area (Å²) in [4.78, 5) is 29.4. The molecule has 0 radical (unpaired) electrons. The smallest absolute Gasteiger partial charge is 0.271 e. The van der Waals surface area contributed by atoms with Crippen LogP contribution in [0.15, 0.2) is 78.9 Å². The van der Waals surface area contributed by atoms with Crippen molar-refractivity contribution in [1.82, 2.24) is 14.8 Å². The molecule has 7 heteroatoms. The molecule has 0 spiro atoms. The fraction of sp³-hybridized carbons (Fsp3) is 0.267. The van der Waals surface area contributed by atoms with Crippen LogP contribution in [0.3, 0.4) is 0 Å². The van der Waals surface area contributed by atoms with Gasteiger partial charge in [-0.15, -0.1) is 0 Å². The van der Waals surface area contributed by atoms with Crippen molar-refractivity contribution in [3.8, 4) is 11.5 Å². The van der Waals surface area contributed by atoms with Gasteiger partial charge in [0.15, 0.2) is 11.5 Å². The van der Waals surface area contributed by atoms with Gasteiger partial charge >= 0.3 is 0 Å². The Labute approximate surface area is 216 Å². The minimum absolute atomic E-state index is 0.153. The molecule has 0 saturated heterocycles. The maximum Gasteiger partial charge on any atom is 0.271 e. The van der Waals surface area contributed by atoms with Crippen LogP contribution in [0.25, 0.3) is 10.9 Å². The van der Waals surface area contributed by atoms with E-state index in [4.69, 9.17) is 9.47 Å². The average molecular weight is 498 g/mol. The number of hydrogen-bond acceptors (Lipinski definition) is 4. The van der Waals surface area contributed by atoms with Crippen molar-refractivity contribution in [3.63, 3.8) is 0 Å². The van der Waals surface area contributed by atoms with E-state index in [1.807, 2.05) is 90.4 Å². The second-order valence-electron chi connectivity index (χ2n) is 9.51. The number of carbonyl (C=O) groups excluding carboxylic acids is 2. The summed E-state index contributed by atoms with van der Waals surface area (Å²) in [7, 11) is 3.20. The molecule has 1 aliphatic rings. The fourth-order valence-corrected chi connectivity index (χ4v) is 5.10. The largest absolute Gasteiger partial charge is 0.493 e. The molecule has 1 N–H and O–H groups in total. The Morgan fingerprint density at radius 1 is 0.919 bits per heavy atom. The third kappa shape index (κ3) is 4.53. The lowest BCUT2D eigenvalue weighted by molar-refractivity contribution is -0.133. The zero-order valence-corrected chi connectivity index (χ0v) is 21.4. The number of methoxy groups -OCH3 is 2. The highest BCUT2D eigenvalue weighted by molar-refractivity contribution is 6.03. The molecule has 2 heterocycles. The molecule has 0 saturated carbocycles. The lowest BCUT2D eigenvalue weighted by atomic mass is 9.93. The topological polar surface area (TPSA) is 72.8 Å². The molecule has 1 atom stereocenters. The van der Waals surface area contributed by atoms with Crippen LogP contribution in [0.2, 0.25) is 0 Å². The van der Waals surface area contributed by atoms with E-state index < -0.39 is 5.54 Å².